The Labute approximate surface area is 111 Å². The van der Waals surface area contributed by atoms with Gasteiger partial charge in [-0.15, -0.1) is 0 Å². The van der Waals surface area contributed by atoms with E-state index in [4.69, 9.17) is 5.26 Å². The van der Waals surface area contributed by atoms with Gasteiger partial charge in [0.2, 0.25) is 0 Å². The average molecular weight is 262 g/mol. The number of nitrogens with zero attached hydrogens (tertiary/aromatic N) is 2. The second-order valence-electron chi connectivity index (χ2n) is 4.69. The second-order valence-corrected chi connectivity index (χ2v) is 4.69. The maximum absolute atomic E-state index is 13.7. The molecule has 1 saturated heterocycles. The molecule has 0 aromatic heterocycles. The summed E-state index contributed by atoms with van der Waals surface area (Å²) in [5.74, 6) is -1.53. The van der Waals surface area contributed by atoms with E-state index in [-0.39, 0.29) is 5.56 Å². The first-order valence-electron chi connectivity index (χ1n) is 6.26. The Morgan fingerprint density at radius 1 is 1.63 bits per heavy atom. The van der Waals surface area contributed by atoms with Crippen LogP contribution < -0.4 is 4.90 Å². The number of nitriles is 1. The molecule has 4 nitrogen and oxygen atoms in total. The van der Waals surface area contributed by atoms with E-state index in [1.165, 1.54) is 12.1 Å². The van der Waals surface area contributed by atoms with Gasteiger partial charge in [-0.05, 0) is 31.4 Å². The van der Waals surface area contributed by atoms with Crippen LogP contribution in [0.4, 0.5) is 10.1 Å². The highest BCUT2D eigenvalue weighted by Crippen LogP contribution is 2.38. The summed E-state index contributed by atoms with van der Waals surface area (Å²) in [6.45, 7) is 2.33. The summed E-state index contributed by atoms with van der Waals surface area (Å²) in [4.78, 5) is 13.3. The molecule has 0 radical (unpaired) electrons. The summed E-state index contributed by atoms with van der Waals surface area (Å²) < 4.78 is 13.7. The minimum absolute atomic E-state index is 0.0801. The molecule has 1 fully saturated rings. The number of hydrogen-bond donors (Lipinski definition) is 1. The van der Waals surface area contributed by atoms with Crippen LogP contribution >= 0.6 is 0 Å². The van der Waals surface area contributed by atoms with E-state index >= 15 is 0 Å². The number of anilines is 1. The average Bonchev–Trinajstić information content (AvgIpc) is 2.83. The van der Waals surface area contributed by atoms with Crippen molar-refractivity contribution in [3.05, 3.63) is 29.6 Å². The molecule has 1 unspecified atom stereocenters. The molecular weight excluding hydrogens is 247 g/mol. The number of carboxylic acid groups (broad SMARTS) is 1. The van der Waals surface area contributed by atoms with Crippen molar-refractivity contribution in [2.75, 3.05) is 11.4 Å². The first-order chi connectivity index (χ1) is 9.06. The molecule has 0 spiro atoms. The molecule has 5 heteroatoms. The van der Waals surface area contributed by atoms with Gasteiger partial charge in [0, 0.05) is 6.54 Å². The first-order valence-corrected chi connectivity index (χ1v) is 6.26. The number of benzene rings is 1. The number of aliphatic carboxylic acids is 1. The van der Waals surface area contributed by atoms with Crippen LogP contribution in [0, 0.1) is 17.1 Å². The number of carbonyl (C=O) groups is 1. The normalized spacial score (nSPS) is 22.3. The molecule has 0 bridgehead atoms. The van der Waals surface area contributed by atoms with Crippen LogP contribution in [0.5, 0.6) is 0 Å². The Morgan fingerprint density at radius 2 is 2.37 bits per heavy atom. The molecule has 1 aliphatic rings. The molecule has 2 rings (SSSR count). The third kappa shape index (κ3) is 1.93. The van der Waals surface area contributed by atoms with Gasteiger partial charge < -0.3 is 10.0 Å². The molecule has 100 valence electrons. The van der Waals surface area contributed by atoms with Crippen LogP contribution in [-0.2, 0) is 4.79 Å². The Morgan fingerprint density at radius 3 is 2.95 bits per heavy atom. The highest BCUT2D eigenvalue weighted by Gasteiger charge is 2.47. The maximum atomic E-state index is 13.7. The Bertz CT molecular complexity index is 553. The minimum Gasteiger partial charge on any atom is -0.479 e. The number of halogens is 1. The summed E-state index contributed by atoms with van der Waals surface area (Å²) in [5.41, 5.74) is -0.730. The van der Waals surface area contributed by atoms with E-state index in [1.807, 2.05) is 6.07 Å². The molecule has 1 aliphatic heterocycles. The maximum Gasteiger partial charge on any atom is 0.329 e. The van der Waals surface area contributed by atoms with Crippen molar-refractivity contribution in [2.24, 2.45) is 0 Å². The highest BCUT2D eigenvalue weighted by atomic mass is 19.1. The highest BCUT2D eigenvalue weighted by molar-refractivity contribution is 5.85. The molecule has 0 amide bonds. The monoisotopic (exact) mass is 262 g/mol. The standard InChI is InChI=1S/C14H15FN2O2/c1-2-14(13(18)19)7-4-8-17(14)12-6-3-5-11(15)10(12)9-16/h3,5-6H,2,4,7-8H2,1H3,(H,18,19). The van der Waals surface area contributed by atoms with Gasteiger partial charge >= 0.3 is 5.97 Å². The fourth-order valence-corrected chi connectivity index (χ4v) is 2.82. The second kappa shape index (κ2) is 4.88. The first kappa shape index (κ1) is 13.3. The van der Waals surface area contributed by atoms with Crippen molar-refractivity contribution in [1.82, 2.24) is 0 Å². The molecule has 0 saturated carbocycles. The van der Waals surface area contributed by atoms with E-state index < -0.39 is 17.3 Å². The van der Waals surface area contributed by atoms with Gasteiger partial charge in [-0.1, -0.05) is 13.0 Å². The minimum atomic E-state index is -1.03. The number of rotatable bonds is 3. The molecule has 1 N–H and O–H groups in total. The molecule has 1 atom stereocenters. The number of carboxylic acids is 1. The van der Waals surface area contributed by atoms with E-state index in [1.54, 1.807) is 17.9 Å². The topological polar surface area (TPSA) is 64.3 Å². The van der Waals surface area contributed by atoms with Crippen LogP contribution in [0.25, 0.3) is 0 Å². The largest absolute Gasteiger partial charge is 0.479 e. The lowest BCUT2D eigenvalue weighted by molar-refractivity contribution is -0.143. The van der Waals surface area contributed by atoms with Gasteiger partial charge in [-0.2, -0.15) is 5.26 Å². The molecule has 1 aromatic carbocycles. The van der Waals surface area contributed by atoms with Gasteiger partial charge in [0.05, 0.1) is 5.69 Å². The lowest BCUT2D eigenvalue weighted by Gasteiger charge is -2.36. The van der Waals surface area contributed by atoms with Crippen LogP contribution in [-0.4, -0.2) is 23.2 Å². The van der Waals surface area contributed by atoms with Gasteiger partial charge in [-0.3, -0.25) is 0 Å². The summed E-state index contributed by atoms with van der Waals surface area (Å²) in [5, 5.41) is 18.6. The summed E-state index contributed by atoms with van der Waals surface area (Å²) in [6.07, 6.45) is 1.66. The third-order valence-corrected chi connectivity index (χ3v) is 3.87. The zero-order valence-corrected chi connectivity index (χ0v) is 10.7. The van der Waals surface area contributed by atoms with Crippen LogP contribution in [0.15, 0.2) is 18.2 Å². The van der Waals surface area contributed by atoms with E-state index in [0.717, 1.165) is 6.42 Å². The van der Waals surface area contributed by atoms with Crippen molar-refractivity contribution < 1.29 is 14.3 Å². The van der Waals surface area contributed by atoms with Crippen LogP contribution in [0.3, 0.4) is 0 Å². The fraction of sp³-hybridized carbons (Fsp3) is 0.429. The van der Waals surface area contributed by atoms with Crippen molar-refractivity contribution in [1.29, 1.82) is 5.26 Å². The van der Waals surface area contributed by atoms with Crippen molar-refractivity contribution in [3.63, 3.8) is 0 Å². The van der Waals surface area contributed by atoms with Gasteiger partial charge in [0.25, 0.3) is 0 Å². The molecule has 0 aliphatic carbocycles. The Hall–Kier alpha value is -2.09. The smallest absolute Gasteiger partial charge is 0.329 e. The SMILES string of the molecule is CCC1(C(=O)O)CCCN1c1cccc(F)c1C#N. The van der Waals surface area contributed by atoms with Crippen LogP contribution in [0.2, 0.25) is 0 Å². The van der Waals surface area contributed by atoms with Gasteiger partial charge in [-0.25, -0.2) is 9.18 Å². The third-order valence-electron chi connectivity index (χ3n) is 3.87. The number of hydrogen-bond acceptors (Lipinski definition) is 3. The van der Waals surface area contributed by atoms with Gasteiger partial charge in [0.1, 0.15) is 23.0 Å². The molecule has 19 heavy (non-hydrogen) atoms. The van der Waals surface area contributed by atoms with Crippen LogP contribution in [0.1, 0.15) is 31.7 Å². The van der Waals surface area contributed by atoms with E-state index in [9.17, 15) is 14.3 Å². The van der Waals surface area contributed by atoms with Crippen molar-refractivity contribution in [2.45, 2.75) is 31.7 Å². The lowest BCUT2D eigenvalue weighted by Crippen LogP contribution is -2.50. The van der Waals surface area contributed by atoms with E-state index in [0.29, 0.717) is 25.1 Å². The lowest BCUT2D eigenvalue weighted by atomic mass is 9.92. The Kier molecular flexibility index (Phi) is 3.43. The molecular formula is C14H15FN2O2. The quantitative estimate of drug-likeness (QED) is 0.909. The zero-order valence-electron chi connectivity index (χ0n) is 10.7. The summed E-state index contributed by atoms with van der Waals surface area (Å²) in [6, 6.07) is 6.16. The van der Waals surface area contributed by atoms with Crippen molar-refractivity contribution in [3.8, 4) is 6.07 Å². The summed E-state index contributed by atoms with van der Waals surface area (Å²) >= 11 is 0. The van der Waals surface area contributed by atoms with E-state index in [2.05, 4.69) is 0 Å². The predicted octanol–water partition coefficient (Wildman–Crippen LogP) is 2.53. The zero-order chi connectivity index (χ0) is 14.0. The fourth-order valence-electron chi connectivity index (χ4n) is 2.82. The predicted molar refractivity (Wildman–Crippen MR) is 68.4 cm³/mol. The summed E-state index contributed by atoms with van der Waals surface area (Å²) in [7, 11) is 0. The van der Waals surface area contributed by atoms with Gasteiger partial charge in [0.15, 0.2) is 0 Å². The molecule has 1 aromatic rings. The Balaban J connectivity index is 2.56. The molecule has 1 heterocycles. The van der Waals surface area contributed by atoms with Crippen molar-refractivity contribution >= 4 is 11.7 Å².